The lowest BCUT2D eigenvalue weighted by Gasteiger charge is -2.16. The maximum Gasteiger partial charge on any atom is 0.335 e. The fourth-order valence-electron chi connectivity index (χ4n) is 0.631. The molecule has 0 unspecified atom stereocenters. The smallest absolute Gasteiger partial charge is 0.335 e. The van der Waals surface area contributed by atoms with Crippen LogP contribution in [0.2, 0.25) is 0 Å². The van der Waals surface area contributed by atoms with Gasteiger partial charge in [0.2, 0.25) is 0 Å². The standard InChI is InChI=1S/C7H6O2.C5H12O2.C4H6O2/c8-7(9)6-4-2-1-3-5-6;1-5(2,3-6)4-7;1-3(2)4(5)6/h1-5H,(H,8,9);6-7H,3-4H2,1-2H3;1H2,2H3,(H,5,6). The van der Waals surface area contributed by atoms with Crippen LogP contribution in [0.3, 0.4) is 0 Å². The molecule has 1 aromatic rings. The highest BCUT2D eigenvalue weighted by atomic mass is 16.4. The van der Waals surface area contributed by atoms with Crippen molar-refractivity contribution >= 4 is 11.9 Å². The Hall–Kier alpha value is -2.18. The summed E-state index contributed by atoms with van der Waals surface area (Å²) in [6.45, 7) is 8.29. The minimum Gasteiger partial charge on any atom is -0.478 e. The van der Waals surface area contributed by atoms with Crippen LogP contribution in [-0.2, 0) is 4.79 Å². The third kappa shape index (κ3) is 12.8. The zero-order valence-corrected chi connectivity index (χ0v) is 13.1. The number of hydrogen-bond donors (Lipinski definition) is 4. The molecule has 0 aliphatic rings. The first-order valence-electron chi connectivity index (χ1n) is 6.46. The fraction of sp³-hybridized carbons (Fsp3) is 0.375. The maximum absolute atomic E-state index is 10.2. The highest BCUT2D eigenvalue weighted by Crippen LogP contribution is 2.10. The summed E-state index contributed by atoms with van der Waals surface area (Å²) >= 11 is 0. The second-order valence-corrected chi connectivity index (χ2v) is 5.24. The molecule has 0 aliphatic carbocycles. The third-order valence-corrected chi connectivity index (χ3v) is 2.24. The van der Waals surface area contributed by atoms with Crippen LogP contribution >= 0.6 is 0 Å². The van der Waals surface area contributed by atoms with Gasteiger partial charge in [0.05, 0.1) is 18.8 Å². The van der Waals surface area contributed by atoms with Crippen molar-refractivity contribution in [1.82, 2.24) is 0 Å². The molecule has 0 heterocycles. The molecule has 1 rings (SSSR count). The van der Waals surface area contributed by atoms with Gasteiger partial charge in [0.15, 0.2) is 0 Å². The number of aliphatic hydroxyl groups excluding tert-OH is 2. The van der Waals surface area contributed by atoms with E-state index in [9.17, 15) is 9.59 Å². The summed E-state index contributed by atoms with van der Waals surface area (Å²) in [6.07, 6.45) is 0. The summed E-state index contributed by atoms with van der Waals surface area (Å²) in [4.78, 5) is 19.8. The van der Waals surface area contributed by atoms with E-state index in [-0.39, 0.29) is 24.2 Å². The topological polar surface area (TPSA) is 115 Å². The number of hydrogen-bond acceptors (Lipinski definition) is 4. The average Bonchev–Trinajstić information content (AvgIpc) is 2.49. The predicted molar refractivity (Wildman–Crippen MR) is 83.8 cm³/mol. The second-order valence-electron chi connectivity index (χ2n) is 5.24. The molecule has 0 fully saturated rings. The van der Waals surface area contributed by atoms with Crippen LogP contribution in [0.4, 0.5) is 0 Å². The number of rotatable bonds is 4. The summed E-state index contributed by atoms with van der Waals surface area (Å²) in [5.74, 6) is -1.81. The van der Waals surface area contributed by atoms with E-state index in [0.29, 0.717) is 5.56 Å². The lowest BCUT2D eigenvalue weighted by atomic mass is 9.97. The first kappa shape index (κ1) is 22.1. The lowest BCUT2D eigenvalue weighted by molar-refractivity contribution is -0.132. The van der Waals surface area contributed by atoms with Crippen LogP contribution < -0.4 is 0 Å². The molecule has 0 aliphatic heterocycles. The Bertz CT molecular complexity index is 447. The molecule has 6 nitrogen and oxygen atoms in total. The van der Waals surface area contributed by atoms with Crippen LogP contribution in [0.5, 0.6) is 0 Å². The molecule has 0 aromatic heterocycles. The first-order valence-corrected chi connectivity index (χ1v) is 6.46. The molecule has 0 saturated carbocycles. The molecular formula is C16H24O6. The maximum atomic E-state index is 10.2. The molecule has 1 aromatic carbocycles. The average molecular weight is 312 g/mol. The van der Waals surface area contributed by atoms with Gasteiger partial charge in [-0.1, -0.05) is 38.6 Å². The van der Waals surface area contributed by atoms with Crippen molar-refractivity contribution in [2.24, 2.45) is 5.41 Å². The van der Waals surface area contributed by atoms with Crippen molar-refractivity contribution in [3.63, 3.8) is 0 Å². The van der Waals surface area contributed by atoms with Crippen molar-refractivity contribution in [2.45, 2.75) is 20.8 Å². The van der Waals surface area contributed by atoms with E-state index in [1.165, 1.54) is 6.92 Å². The fourth-order valence-corrected chi connectivity index (χ4v) is 0.631. The van der Waals surface area contributed by atoms with Crippen molar-refractivity contribution < 1.29 is 30.0 Å². The van der Waals surface area contributed by atoms with Gasteiger partial charge in [0, 0.05) is 11.0 Å². The van der Waals surface area contributed by atoms with Crippen molar-refractivity contribution in [1.29, 1.82) is 0 Å². The van der Waals surface area contributed by atoms with E-state index in [4.69, 9.17) is 20.4 Å². The zero-order chi connectivity index (χ0) is 17.8. The van der Waals surface area contributed by atoms with Gasteiger partial charge in [-0.3, -0.25) is 0 Å². The van der Waals surface area contributed by atoms with Crippen LogP contribution in [0, 0.1) is 5.41 Å². The van der Waals surface area contributed by atoms with Crippen molar-refractivity contribution in [3.8, 4) is 0 Å². The highest BCUT2D eigenvalue weighted by molar-refractivity contribution is 5.87. The molecule has 0 saturated heterocycles. The van der Waals surface area contributed by atoms with Gasteiger partial charge in [0.25, 0.3) is 0 Å². The molecule has 0 spiro atoms. The van der Waals surface area contributed by atoms with E-state index in [1.54, 1.807) is 44.2 Å². The van der Waals surface area contributed by atoms with E-state index in [2.05, 4.69) is 6.58 Å². The van der Waals surface area contributed by atoms with Gasteiger partial charge in [-0.2, -0.15) is 0 Å². The summed E-state index contributed by atoms with van der Waals surface area (Å²) in [6, 6.07) is 8.30. The van der Waals surface area contributed by atoms with E-state index >= 15 is 0 Å². The molecule has 0 radical (unpaired) electrons. The third-order valence-electron chi connectivity index (χ3n) is 2.24. The van der Waals surface area contributed by atoms with Gasteiger partial charge in [0.1, 0.15) is 0 Å². The first-order chi connectivity index (χ1) is 10.1. The highest BCUT2D eigenvalue weighted by Gasteiger charge is 2.13. The molecule has 22 heavy (non-hydrogen) atoms. The van der Waals surface area contributed by atoms with Gasteiger partial charge >= 0.3 is 11.9 Å². The number of carboxylic acid groups (broad SMARTS) is 2. The van der Waals surface area contributed by atoms with Crippen molar-refractivity contribution in [3.05, 3.63) is 48.0 Å². The van der Waals surface area contributed by atoms with Gasteiger partial charge < -0.3 is 20.4 Å². The summed E-state index contributed by atoms with van der Waals surface area (Å²) < 4.78 is 0. The molecular weight excluding hydrogens is 288 g/mol. The van der Waals surface area contributed by atoms with E-state index < -0.39 is 11.9 Å². The van der Waals surface area contributed by atoms with E-state index in [1.807, 2.05) is 0 Å². The van der Waals surface area contributed by atoms with Gasteiger partial charge in [-0.25, -0.2) is 9.59 Å². The van der Waals surface area contributed by atoms with Gasteiger partial charge in [-0.05, 0) is 19.1 Å². The predicted octanol–water partition coefficient (Wildman–Crippen LogP) is 2.03. The number of aliphatic carboxylic acids is 1. The Labute approximate surface area is 130 Å². The SMILES string of the molecule is C=C(C)C(=O)O.CC(C)(CO)CO.O=C(O)c1ccccc1. The van der Waals surface area contributed by atoms with E-state index in [0.717, 1.165) is 0 Å². The number of carboxylic acids is 2. The van der Waals surface area contributed by atoms with Crippen LogP contribution in [-0.4, -0.2) is 45.6 Å². The molecule has 0 atom stereocenters. The largest absolute Gasteiger partial charge is 0.478 e. The number of carbonyl (C=O) groups is 2. The number of aliphatic hydroxyl groups is 2. The summed E-state index contributed by atoms with van der Waals surface area (Å²) in [7, 11) is 0. The number of aromatic carboxylic acids is 1. The Morgan fingerprint density at radius 1 is 1.05 bits per heavy atom. The molecule has 4 N–H and O–H groups in total. The number of benzene rings is 1. The summed E-state index contributed by atoms with van der Waals surface area (Å²) in [5, 5.41) is 33.1. The zero-order valence-electron chi connectivity index (χ0n) is 13.1. The van der Waals surface area contributed by atoms with Crippen LogP contribution in [0.1, 0.15) is 31.1 Å². The van der Waals surface area contributed by atoms with Crippen LogP contribution in [0.25, 0.3) is 0 Å². The quantitative estimate of drug-likeness (QED) is 0.632. The second kappa shape index (κ2) is 11.5. The molecule has 6 heteroatoms. The Kier molecular flexibility index (Phi) is 11.5. The Morgan fingerprint density at radius 2 is 1.41 bits per heavy atom. The monoisotopic (exact) mass is 312 g/mol. The Morgan fingerprint density at radius 3 is 1.55 bits per heavy atom. The normalized spacial score (nSPS) is 9.50. The Balaban J connectivity index is 0. The lowest BCUT2D eigenvalue weighted by Crippen LogP contribution is -2.20. The molecule has 124 valence electrons. The molecule has 0 bridgehead atoms. The van der Waals surface area contributed by atoms with Gasteiger partial charge in [-0.15, -0.1) is 0 Å². The van der Waals surface area contributed by atoms with Crippen LogP contribution in [0.15, 0.2) is 42.5 Å². The summed E-state index contributed by atoms with van der Waals surface area (Å²) in [5.41, 5.74) is 0.201. The van der Waals surface area contributed by atoms with Crippen molar-refractivity contribution in [2.75, 3.05) is 13.2 Å². The minimum atomic E-state index is -0.935. The molecule has 0 amide bonds. The minimum absolute atomic E-state index is 0.0451.